The number of thiophene rings is 1. The van der Waals surface area contributed by atoms with Crippen LogP contribution in [0.25, 0.3) is 28.1 Å². The zero-order valence-electron chi connectivity index (χ0n) is 12.7. The van der Waals surface area contributed by atoms with Crippen LogP contribution in [0.15, 0.2) is 46.1 Å². The molecule has 6 heteroatoms. The van der Waals surface area contributed by atoms with Crippen LogP contribution in [0, 0.1) is 6.92 Å². The maximum absolute atomic E-state index is 11.7. The Morgan fingerprint density at radius 2 is 2.00 bits per heavy atom. The van der Waals surface area contributed by atoms with Crippen LogP contribution >= 0.6 is 23.1 Å². The second-order valence-electron chi connectivity index (χ2n) is 5.46. The molecule has 1 fully saturated rings. The summed E-state index contributed by atoms with van der Waals surface area (Å²) in [4.78, 5) is 27.9. The molecule has 3 heterocycles. The van der Waals surface area contributed by atoms with Gasteiger partial charge in [-0.3, -0.25) is 19.9 Å². The highest BCUT2D eigenvalue weighted by molar-refractivity contribution is 8.18. The van der Waals surface area contributed by atoms with Crippen molar-refractivity contribution in [3.8, 4) is 11.1 Å². The minimum absolute atomic E-state index is 0.330. The highest BCUT2D eigenvalue weighted by Crippen LogP contribution is 2.33. The van der Waals surface area contributed by atoms with Gasteiger partial charge in [-0.15, -0.1) is 0 Å². The van der Waals surface area contributed by atoms with Crippen LogP contribution in [-0.4, -0.2) is 16.1 Å². The van der Waals surface area contributed by atoms with Crippen LogP contribution < -0.4 is 5.32 Å². The van der Waals surface area contributed by atoms with E-state index in [4.69, 9.17) is 0 Å². The SMILES string of the molecule is Cc1cscc1-c1ccnc2ccc(/C=C3/SC(=O)NC3=O)cc12. The number of carbonyl (C=O) groups is 2. The summed E-state index contributed by atoms with van der Waals surface area (Å²) in [5.74, 6) is -0.342. The molecule has 1 aliphatic rings. The summed E-state index contributed by atoms with van der Waals surface area (Å²) in [5, 5.41) is 7.23. The molecular weight excluding hydrogens is 340 g/mol. The molecule has 1 saturated heterocycles. The Morgan fingerprint density at radius 3 is 2.71 bits per heavy atom. The van der Waals surface area contributed by atoms with Crippen LogP contribution in [0.5, 0.6) is 0 Å². The molecule has 0 atom stereocenters. The highest BCUT2D eigenvalue weighted by atomic mass is 32.2. The summed E-state index contributed by atoms with van der Waals surface area (Å²) in [5.41, 5.74) is 5.32. The first-order chi connectivity index (χ1) is 11.6. The third kappa shape index (κ3) is 2.64. The lowest BCUT2D eigenvalue weighted by Gasteiger charge is -2.07. The number of thioether (sulfide) groups is 1. The van der Waals surface area contributed by atoms with Crippen molar-refractivity contribution in [1.29, 1.82) is 0 Å². The number of imide groups is 1. The second kappa shape index (κ2) is 5.89. The van der Waals surface area contributed by atoms with E-state index in [0.717, 1.165) is 33.8 Å². The zero-order valence-corrected chi connectivity index (χ0v) is 14.3. The van der Waals surface area contributed by atoms with Gasteiger partial charge in [0.2, 0.25) is 0 Å². The maximum atomic E-state index is 11.7. The number of amides is 2. The summed E-state index contributed by atoms with van der Waals surface area (Å²) in [6.07, 6.45) is 3.55. The van der Waals surface area contributed by atoms with Gasteiger partial charge in [0.15, 0.2) is 0 Å². The Hall–Kier alpha value is -2.44. The summed E-state index contributed by atoms with van der Waals surface area (Å²) in [6.45, 7) is 2.09. The summed E-state index contributed by atoms with van der Waals surface area (Å²) in [7, 11) is 0. The number of aromatic nitrogens is 1. The van der Waals surface area contributed by atoms with Crippen LogP contribution in [-0.2, 0) is 4.79 Å². The number of hydrogen-bond acceptors (Lipinski definition) is 5. The Bertz CT molecular complexity index is 1020. The van der Waals surface area contributed by atoms with Crippen molar-refractivity contribution < 1.29 is 9.59 Å². The largest absolute Gasteiger partial charge is 0.290 e. The van der Waals surface area contributed by atoms with Gasteiger partial charge in [0.05, 0.1) is 10.4 Å². The molecule has 0 radical (unpaired) electrons. The Kier molecular flexibility index (Phi) is 3.70. The second-order valence-corrected chi connectivity index (χ2v) is 7.21. The topological polar surface area (TPSA) is 59.1 Å². The van der Waals surface area contributed by atoms with Crippen molar-refractivity contribution in [1.82, 2.24) is 10.3 Å². The van der Waals surface area contributed by atoms with Gasteiger partial charge in [-0.05, 0) is 76.0 Å². The fourth-order valence-electron chi connectivity index (χ4n) is 2.70. The minimum atomic E-state index is -0.342. The molecule has 1 aliphatic heterocycles. The third-order valence-electron chi connectivity index (χ3n) is 3.85. The van der Waals surface area contributed by atoms with Gasteiger partial charge in [0.1, 0.15) is 0 Å². The van der Waals surface area contributed by atoms with E-state index >= 15 is 0 Å². The quantitative estimate of drug-likeness (QED) is 0.685. The summed E-state index contributed by atoms with van der Waals surface area (Å²) < 4.78 is 0. The molecule has 0 aliphatic carbocycles. The smallest absolute Gasteiger partial charge is 0.282 e. The molecule has 4 nitrogen and oxygen atoms in total. The van der Waals surface area contributed by atoms with E-state index in [9.17, 15) is 9.59 Å². The van der Waals surface area contributed by atoms with Gasteiger partial charge in [0.25, 0.3) is 11.1 Å². The standard InChI is InChI=1S/C18H12N2O2S2/c1-10-8-23-9-14(10)12-4-5-19-15-3-2-11(6-13(12)15)7-16-17(21)20-18(22)24-16/h2-9H,1H3,(H,20,21,22)/b16-7+. The number of hydrogen-bond donors (Lipinski definition) is 1. The maximum Gasteiger partial charge on any atom is 0.290 e. The predicted molar refractivity (Wildman–Crippen MR) is 98.9 cm³/mol. The Labute approximate surface area is 146 Å². The summed E-state index contributed by atoms with van der Waals surface area (Å²) in [6, 6.07) is 7.86. The van der Waals surface area contributed by atoms with Crippen molar-refractivity contribution in [2.45, 2.75) is 6.92 Å². The lowest BCUT2D eigenvalue weighted by Crippen LogP contribution is -2.17. The van der Waals surface area contributed by atoms with E-state index in [2.05, 4.69) is 28.0 Å². The number of fused-ring (bicyclic) bond motifs is 1. The molecule has 0 saturated carbocycles. The average Bonchev–Trinajstić information content (AvgIpc) is 3.12. The van der Waals surface area contributed by atoms with Gasteiger partial charge < -0.3 is 0 Å². The summed E-state index contributed by atoms with van der Waals surface area (Å²) >= 11 is 2.60. The van der Waals surface area contributed by atoms with Gasteiger partial charge in [0, 0.05) is 11.6 Å². The Morgan fingerprint density at radius 1 is 1.12 bits per heavy atom. The molecule has 0 spiro atoms. The average molecular weight is 352 g/mol. The van der Waals surface area contributed by atoms with Gasteiger partial charge >= 0.3 is 0 Å². The van der Waals surface area contributed by atoms with Crippen molar-refractivity contribution in [2.24, 2.45) is 0 Å². The van der Waals surface area contributed by atoms with E-state index in [1.807, 2.05) is 30.5 Å². The first-order valence-electron chi connectivity index (χ1n) is 7.28. The van der Waals surface area contributed by atoms with Crippen molar-refractivity contribution >= 4 is 51.2 Å². The molecule has 118 valence electrons. The molecule has 0 bridgehead atoms. The van der Waals surface area contributed by atoms with Crippen LogP contribution in [0.2, 0.25) is 0 Å². The van der Waals surface area contributed by atoms with E-state index in [-0.39, 0.29) is 11.1 Å². The van der Waals surface area contributed by atoms with Gasteiger partial charge in [-0.25, -0.2) is 0 Å². The number of aryl methyl sites for hydroxylation is 1. The highest BCUT2D eigenvalue weighted by Gasteiger charge is 2.24. The lowest BCUT2D eigenvalue weighted by molar-refractivity contribution is -0.115. The van der Waals surface area contributed by atoms with Crippen LogP contribution in [0.1, 0.15) is 11.1 Å². The van der Waals surface area contributed by atoms with E-state index < -0.39 is 0 Å². The van der Waals surface area contributed by atoms with Gasteiger partial charge in [-0.1, -0.05) is 6.07 Å². The fraction of sp³-hybridized carbons (Fsp3) is 0.0556. The van der Waals surface area contributed by atoms with Crippen LogP contribution in [0.4, 0.5) is 4.79 Å². The lowest BCUT2D eigenvalue weighted by atomic mass is 9.99. The third-order valence-corrected chi connectivity index (χ3v) is 5.52. The number of pyridine rings is 1. The zero-order chi connectivity index (χ0) is 16.7. The number of rotatable bonds is 2. The molecule has 3 aromatic rings. The molecule has 2 aromatic heterocycles. The first kappa shape index (κ1) is 15.1. The number of carbonyl (C=O) groups excluding carboxylic acids is 2. The minimum Gasteiger partial charge on any atom is -0.282 e. The number of nitrogens with zero attached hydrogens (tertiary/aromatic N) is 1. The molecule has 1 N–H and O–H groups in total. The van der Waals surface area contributed by atoms with Crippen molar-refractivity contribution in [3.63, 3.8) is 0 Å². The normalized spacial score (nSPS) is 16.1. The van der Waals surface area contributed by atoms with Crippen molar-refractivity contribution in [2.75, 3.05) is 0 Å². The molecule has 24 heavy (non-hydrogen) atoms. The van der Waals surface area contributed by atoms with E-state index in [0.29, 0.717) is 4.91 Å². The molecule has 2 amide bonds. The monoisotopic (exact) mass is 352 g/mol. The molecule has 4 rings (SSSR count). The van der Waals surface area contributed by atoms with Crippen LogP contribution in [0.3, 0.4) is 0 Å². The molecule has 0 unspecified atom stereocenters. The molecular formula is C18H12N2O2S2. The van der Waals surface area contributed by atoms with Gasteiger partial charge in [-0.2, -0.15) is 11.3 Å². The van der Waals surface area contributed by atoms with E-state index in [1.165, 1.54) is 11.1 Å². The Balaban J connectivity index is 1.86. The predicted octanol–water partition coefficient (Wildman–Crippen LogP) is 4.60. The number of benzene rings is 1. The fourth-order valence-corrected chi connectivity index (χ4v) is 4.23. The first-order valence-corrected chi connectivity index (χ1v) is 9.04. The molecule has 1 aromatic carbocycles. The number of nitrogens with one attached hydrogen (secondary N) is 1. The van der Waals surface area contributed by atoms with Crippen molar-refractivity contribution in [3.05, 3.63) is 57.3 Å². The van der Waals surface area contributed by atoms with E-state index in [1.54, 1.807) is 17.4 Å².